The summed E-state index contributed by atoms with van der Waals surface area (Å²) in [4.78, 5) is 4.60. The first-order chi connectivity index (χ1) is 12.1. The smallest absolute Gasteiger partial charge is 0.243 e. The Labute approximate surface area is 150 Å². The maximum absolute atomic E-state index is 12.6. The predicted molar refractivity (Wildman–Crippen MR) is 100.0 cm³/mol. The molecule has 2 aliphatic rings. The molecule has 1 saturated heterocycles. The highest BCUT2D eigenvalue weighted by Crippen LogP contribution is 2.27. The molecule has 6 nitrogen and oxygen atoms in total. The minimum absolute atomic E-state index is 0.384. The molecule has 7 heteroatoms. The van der Waals surface area contributed by atoms with Gasteiger partial charge in [0, 0.05) is 33.2 Å². The van der Waals surface area contributed by atoms with E-state index in [4.69, 9.17) is 0 Å². The van der Waals surface area contributed by atoms with Crippen LogP contribution in [0.1, 0.15) is 37.7 Å². The van der Waals surface area contributed by atoms with Crippen LogP contribution in [0.4, 0.5) is 0 Å². The lowest BCUT2D eigenvalue weighted by Gasteiger charge is -2.25. The molecule has 1 aliphatic carbocycles. The maximum Gasteiger partial charge on any atom is 0.243 e. The zero-order chi connectivity index (χ0) is 17.7. The number of rotatable bonds is 6. The second-order valence-electron chi connectivity index (χ2n) is 6.86. The van der Waals surface area contributed by atoms with Crippen molar-refractivity contribution >= 4 is 16.0 Å². The highest BCUT2D eigenvalue weighted by atomic mass is 32.2. The van der Waals surface area contributed by atoms with Crippen LogP contribution in [0, 0.1) is 5.92 Å². The molecule has 2 N–H and O–H groups in total. The van der Waals surface area contributed by atoms with E-state index in [2.05, 4.69) is 15.6 Å². The number of piperidine rings is 1. The normalized spacial score (nSPS) is 19.6. The van der Waals surface area contributed by atoms with Crippen molar-refractivity contribution in [1.82, 2.24) is 14.9 Å². The van der Waals surface area contributed by atoms with Gasteiger partial charge in [-0.2, -0.15) is 4.31 Å². The van der Waals surface area contributed by atoms with Gasteiger partial charge in [-0.3, -0.25) is 4.99 Å². The summed E-state index contributed by atoms with van der Waals surface area (Å²) in [5.74, 6) is 1.58. The van der Waals surface area contributed by atoms with Gasteiger partial charge in [-0.15, -0.1) is 0 Å². The lowest BCUT2D eigenvalue weighted by molar-refractivity contribution is 0.346. The van der Waals surface area contributed by atoms with E-state index in [-0.39, 0.29) is 0 Å². The van der Waals surface area contributed by atoms with Gasteiger partial charge in [0.2, 0.25) is 10.0 Å². The molecule has 138 valence electrons. The summed E-state index contributed by atoms with van der Waals surface area (Å²) in [5.41, 5.74) is 1.03. The average molecular weight is 365 g/mol. The second kappa shape index (κ2) is 8.19. The molecular weight excluding hydrogens is 336 g/mol. The van der Waals surface area contributed by atoms with Gasteiger partial charge in [-0.05, 0) is 49.3 Å². The number of benzene rings is 1. The van der Waals surface area contributed by atoms with Crippen molar-refractivity contribution in [3.63, 3.8) is 0 Å². The van der Waals surface area contributed by atoms with Gasteiger partial charge in [-0.1, -0.05) is 18.6 Å². The van der Waals surface area contributed by atoms with E-state index in [1.165, 1.54) is 12.8 Å². The van der Waals surface area contributed by atoms with Crippen LogP contribution in [0.25, 0.3) is 0 Å². The highest BCUT2D eigenvalue weighted by Gasteiger charge is 2.25. The van der Waals surface area contributed by atoms with E-state index in [1.807, 2.05) is 12.1 Å². The lowest BCUT2D eigenvalue weighted by atomic mass is 10.2. The second-order valence-corrected chi connectivity index (χ2v) is 8.80. The molecule has 1 aromatic carbocycles. The van der Waals surface area contributed by atoms with Crippen molar-refractivity contribution in [1.29, 1.82) is 0 Å². The van der Waals surface area contributed by atoms with Crippen molar-refractivity contribution in [2.45, 2.75) is 43.5 Å². The molecule has 1 heterocycles. The van der Waals surface area contributed by atoms with E-state index in [0.29, 0.717) is 24.5 Å². The highest BCUT2D eigenvalue weighted by molar-refractivity contribution is 7.89. The topological polar surface area (TPSA) is 73.8 Å². The van der Waals surface area contributed by atoms with Crippen LogP contribution in [0.5, 0.6) is 0 Å². The van der Waals surface area contributed by atoms with Crippen molar-refractivity contribution in [2.24, 2.45) is 10.9 Å². The van der Waals surface area contributed by atoms with Gasteiger partial charge in [0.15, 0.2) is 5.96 Å². The third-order valence-electron chi connectivity index (χ3n) is 4.81. The summed E-state index contributed by atoms with van der Waals surface area (Å²) < 4.78 is 26.9. The van der Waals surface area contributed by atoms with Crippen LogP contribution >= 0.6 is 0 Å². The Morgan fingerprint density at radius 2 is 1.80 bits per heavy atom. The SMILES string of the molecule is CN=C(NCc1ccc(S(=O)(=O)N2CCCCC2)cc1)NCC1CC1. The number of sulfonamides is 1. The van der Waals surface area contributed by atoms with E-state index >= 15 is 0 Å². The van der Waals surface area contributed by atoms with Crippen LogP contribution in [0.15, 0.2) is 34.2 Å². The Morgan fingerprint density at radius 1 is 1.12 bits per heavy atom. The molecule has 1 aromatic rings. The van der Waals surface area contributed by atoms with Crippen LogP contribution in [-0.2, 0) is 16.6 Å². The number of hydrogen-bond acceptors (Lipinski definition) is 3. The molecule has 0 unspecified atom stereocenters. The fourth-order valence-electron chi connectivity index (χ4n) is 3.00. The van der Waals surface area contributed by atoms with Gasteiger partial charge in [0.05, 0.1) is 4.90 Å². The summed E-state index contributed by atoms with van der Waals surface area (Å²) in [5, 5.41) is 6.59. The summed E-state index contributed by atoms with van der Waals surface area (Å²) in [6.45, 7) is 2.85. The minimum atomic E-state index is -3.35. The van der Waals surface area contributed by atoms with Crippen molar-refractivity contribution in [3.8, 4) is 0 Å². The molecule has 2 fully saturated rings. The quantitative estimate of drug-likeness (QED) is 0.598. The van der Waals surface area contributed by atoms with Gasteiger partial charge in [0.25, 0.3) is 0 Å². The fourth-order valence-corrected chi connectivity index (χ4v) is 4.52. The van der Waals surface area contributed by atoms with E-state index in [9.17, 15) is 8.42 Å². The van der Waals surface area contributed by atoms with Gasteiger partial charge in [-0.25, -0.2) is 8.42 Å². The monoisotopic (exact) mass is 364 g/mol. The van der Waals surface area contributed by atoms with Crippen molar-refractivity contribution in [2.75, 3.05) is 26.7 Å². The summed E-state index contributed by atoms with van der Waals surface area (Å²) in [7, 11) is -1.59. The molecule has 25 heavy (non-hydrogen) atoms. The molecule has 1 aliphatic heterocycles. The standard InChI is InChI=1S/C18H28N4O2S/c1-19-18(20-13-15-5-6-15)21-14-16-7-9-17(10-8-16)25(23,24)22-11-3-2-4-12-22/h7-10,15H,2-6,11-14H2,1H3,(H2,19,20,21). The van der Waals surface area contributed by atoms with Gasteiger partial charge < -0.3 is 10.6 Å². The number of aliphatic imine (C=N–C) groups is 1. The van der Waals surface area contributed by atoms with Crippen LogP contribution in [0.3, 0.4) is 0 Å². The lowest BCUT2D eigenvalue weighted by Crippen LogP contribution is -2.37. The predicted octanol–water partition coefficient (Wildman–Crippen LogP) is 1.94. The molecule has 0 aromatic heterocycles. The summed E-state index contributed by atoms with van der Waals surface area (Å²) >= 11 is 0. The zero-order valence-electron chi connectivity index (χ0n) is 14.9. The number of hydrogen-bond donors (Lipinski definition) is 2. The van der Waals surface area contributed by atoms with Gasteiger partial charge >= 0.3 is 0 Å². The van der Waals surface area contributed by atoms with Crippen molar-refractivity contribution < 1.29 is 8.42 Å². The molecule has 0 bridgehead atoms. The van der Waals surface area contributed by atoms with Crippen molar-refractivity contribution in [3.05, 3.63) is 29.8 Å². The number of nitrogens with one attached hydrogen (secondary N) is 2. The molecule has 0 atom stereocenters. The van der Waals surface area contributed by atoms with Crippen LogP contribution in [-0.4, -0.2) is 45.4 Å². The summed E-state index contributed by atoms with van der Waals surface area (Å²) in [6.07, 6.45) is 5.63. The average Bonchev–Trinajstić information content (AvgIpc) is 3.47. The van der Waals surface area contributed by atoms with E-state index in [1.54, 1.807) is 23.5 Å². The Balaban J connectivity index is 1.55. The molecule has 3 rings (SSSR count). The van der Waals surface area contributed by atoms with Gasteiger partial charge in [0.1, 0.15) is 0 Å². The van der Waals surface area contributed by atoms with Crippen LogP contribution < -0.4 is 10.6 Å². The first kappa shape index (κ1) is 18.2. The Kier molecular flexibility index (Phi) is 5.96. The molecule has 0 amide bonds. The molecule has 0 radical (unpaired) electrons. The van der Waals surface area contributed by atoms with Crippen LogP contribution in [0.2, 0.25) is 0 Å². The Hall–Kier alpha value is -1.60. The third kappa shape index (κ3) is 4.95. The van der Waals surface area contributed by atoms with E-state index < -0.39 is 10.0 Å². The third-order valence-corrected chi connectivity index (χ3v) is 6.73. The Bertz CT molecular complexity index is 690. The first-order valence-electron chi connectivity index (χ1n) is 9.13. The largest absolute Gasteiger partial charge is 0.356 e. The maximum atomic E-state index is 12.6. The number of nitrogens with zero attached hydrogens (tertiary/aromatic N) is 2. The summed E-state index contributed by atoms with van der Waals surface area (Å²) in [6, 6.07) is 7.17. The molecular formula is C18H28N4O2S. The molecule has 1 saturated carbocycles. The number of guanidine groups is 1. The fraction of sp³-hybridized carbons (Fsp3) is 0.611. The van der Waals surface area contributed by atoms with E-state index in [0.717, 1.165) is 43.2 Å². The molecule has 0 spiro atoms. The Morgan fingerprint density at radius 3 is 2.40 bits per heavy atom. The zero-order valence-corrected chi connectivity index (χ0v) is 15.7. The first-order valence-corrected chi connectivity index (χ1v) is 10.6. The minimum Gasteiger partial charge on any atom is -0.356 e.